The van der Waals surface area contributed by atoms with Gasteiger partial charge in [-0.25, -0.2) is 4.98 Å². The van der Waals surface area contributed by atoms with Crippen LogP contribution in [0.5, 0.6) is 5.88 Å². The zero-order chi connectivity index (χ0) is 20.7. The summed E-state index contributed by atoms with van der Waals surface area (Å²) in [6.45, 7) is 8.02. The van der Waals surface area contributed by atoms with E-state index in [0.29, 0.717) is 23.9 Å². The number of pyridine rings is 1. The minimum atomic E-state index is -0.697. The number of amides is 1. The second-order valence-corrected chi connectivity index (χ2v) is 8.10. The fourth-order valence-corrected chi connectivity index (χ4v) is 2.56. The first-order valence-corrected chi connectivity index (χ1v) is 9.98. The third-order valence-electron chi connectivity index (χ3n) is 3.87. The van der Waals surface area contributed by atoms with E-state index in [0.717, 1.165) is 11.3 Å². The van der Waals surface area contributed by atoms with Crippen molar-refractivity contribution in [2.24, 2.45) is 5.73 Å². The van der Waals surface area contributed by atoms with Crippen molar-refractivity contribution in [2.45, 2.75) is 45.4 Å². The van der Waals surface area contributed by atoms with Crippen LogP contribution < -0.4 is 21.1 Å². The second kappa shape index (κ2) is 9.80. The number of benzene rings is 1. The molecule has 0 saturated heterocycles. The van der Waals surface area contributed by atoms with Crippen molar-refractivity contribution >= 4 is 24.2 Å². The molecule has 28 heavy (non-hydrogen) atoms. The van der Waals surface area contributed by atoms with Crippen molar-refractivity contribution in [1.82, 2.24) is 10.3 Å². The number of hydrogen-bond donors (Lipinski definition) is 4. The molecule has 1 heterocycles. The van der Waals surface area contributed by atoms with Gasteiger partial charge in [0.2, 0.25) is 5.88 Å². The number of carbonyl (C=O) groups excluding carboxylic acids is 1. The van der Waals surface area contributed by atoms with Gasteiger partial charge in [-0.1, -0.05) is 30.3 Å². The lowest BCUT2D eigenvalue weighted by molar-refractivity contribution is -0.128. The maximum absolute atomic E-state index is 12.4. The minimum absolute atomic E-state index is 0.105. The first-order chi connectivity index (χ1) is 13.2. The van der Waals surface area contributed by atoms with E-state index in [2.05, 4.69) is 28.2 Å². The molecule has 2 unspecified atom stereocenters. The molecular formula is C21H30N4O2S. The van der Waals surface area contributed by atoms with Gasteiger partial charge in [0.05, 0.1) is 11.4 Å². The van der Waals surface area contributed by atoms with E-state index >= 15 is 0 Å². The average molecular weight is 403 g/mol. The van der Waals surface area contributed by atoms with E-state index in [9.17, 15) is 4.79 Å². The lowest BCUT2D eigenvalue weighted by Gasteiger charge is -2.24. The van der Waals surface area contributed by atoms with E-state index < -0.39 is 6.10 Å². The molecule has 0 saturated carbocycles. The smallest absolute Gasteiger partial charge is 0.261 e. The number of thiol groups is 1. The first kappa shape index (κ1) is 22.0. The van der Waals surface area contributed by atoms with Gasteiger partial charge in [0.15, 0.2) is 6.10 Å². The van der Waals surface area contributed by atoms with Gasteiger partial charge in [-0.15, -0.1) is 0 Å². The second-order valence-electron chi connectivity index (χ2n) is 7.74. The van der Waals surface area contributed by atoms with Crippen LogP contribution >= 0.6 is 12.6 Å². The normalized spacial score (nSPS) is 13.5. The molecule has 0 fully saturated rings. The standard InChI is InChI=1S/C21H30N4O2S/c1-14(19(26)25-21(2,3)4)27-20-18(23-12-16(22)13-28)11-10-17(24-20)15-8-6-5-7-9-15/h5-11,14,16,23,28H,12-13,22H2,1-4H3,(H,25,26). The minimum Gasteiger partial charge on any atom is -0.463 e. The highest BCUT2D eigenvalue weighted by atomic mass is 32.1. The number of anilines is 1. The summed E-state index contributed by atoms with van der Waals surface area (Å²) in [6.07, 6.45) is -0.697. The summed E-state index contributed by atoms with van der Waals surface area (Å²) >= 11 is 4.21. The summed E-state index contributed by atoms with van der Waals surface area (Å²) in [5, 5.41) is 6.16. The molecule has 0 aliphatic carbocycles. The van der Waals surface area contributed by atoms with E-state index in [-0.39, 0.29) is 17.5 Å². The zero-order valence-corrected chi connectivity index (χ0v) is 17.8. The van der Waals surface area contributed by atoms with Crippen molar-refractivity contribution in [1.29, 1.82) is 0 Å². The van der Waals surface area contributed by atoms with E-state index in [1.54, 1.807) is 6.92 Å². The Balaban J connectivity index is 2.27. The molecule has 0 aliphatic heterocycles. The topological polar surface area (TPSA) is 89.3 Å². The molecule has 0 radical (unpaired) electrons. The summed E-state index contributed by atoms with van der Waals surface area (Å²) in [6, 6.07) is 13.5. The Hall–Kier alpha value is -2.25. The maximum atomic E-state index is 12.4. The summed E-state index contributed by atoms with van der Waals surface area (Å²) in [4.78, 5) is 17.1. The van der Waals surface area contributed by atoms with Crippen LogP contribution in [0.4, 0.5) is 5.69 Å². The maximum Gasteiger partial charge on any atom is 0.261 e. The molecule has 2 atom stereocenters. The van der Waals surface area contributed by atoms with Crippen LogP contribution in [0, 0.1) is 0 Å². The van der Waals surface area contributed by atoms with Gasteiger partial charge in [-0.05, 0) is 39.8 Å². The number of ether oxygens (including phenoxy) is 1. The first-order valence-electron chi connectivity index (χ1n) is 9.35. The number of nitrogens with one attached hydrogen (secondary N) is 2. The van der Waals surface area contributed by atoms with Gasteiger partial charge in [-0.2, -0.15) is 12.6 Å². The molecular weight excluding hydrogens is 372 g/mol. The molecule has 152 valence electrons. The van der Waals surface area contributed by atoms with Crippen molar-refractivity contribution in [3.63, 3.8) is 0 Å². The van der Waals surface area contributed by atoms with Crippen LogP contribution in [0.15, 0.2) is 42.5 Å². The number of rotatable bonds is 8. The van der Waals surface area contributed by atoms with Crippen molar-refractivity contribution in [3.8, 4) is 17.1 Å². The van der Waals surface area contributed by atoms with E-state index in [1.807, 2.05) is 63.2 Å². The highest BCUT2D eigenvalue weighted by Gasteiger charge is 2.22. The monoisotopic (exact) mass is 402 g/mol. The quantitative estimate of drug-likeness (QED) is 0.510. The van der Waals surface area contributed by atoms with Gasteiger partial charge in [0.1, 0.15) is 0 Å². The van der Waals surface area contributed by atoms with Crippen LogP contribution in [0.3, 0.4) is 0 Å². The highest BCUT2D eigenvalue weighted by Crippen LogP contribution is 2.28. The number of nitrogens with zero attached hydrogens (tertiary/aromatic N) is 1. The molecule has 2 aromatic rings. The predicted octanol–water partition coefficient (Wildman–Crippen LogP) is 3.10. The highest BCUT2D eigenvalue weighted by molar-refractivity contribution is 7.80. The molecule has 7 heteroatoms. The fourth-order valence-electron chi connectivity index (χ4n) is 2.43. The molecule has 1 aromatic heterocycles. The van der Waals surface area contributed by atoms with Crippen LogP contribution in [0.25, 0.3) is 11.3 Å². The van der Waals surface area contributed by atoms with Crippen molar-refractivity contribution in [2.75, 3.05) is 17.6 Å². The van der Waals surface area contributed by atoms with Crippen molar-refractivity contribution < 1.29 is 9.53 Å². The Morgan fingerprint density at radius 3 is 2.50 bits per heavy atom. The molecule has 2 rings (SSSR count). The predicted molar refractivity (Wildman–Crippen MR) is 118 cm³/mol. The Morgan fingerprint density at radius 1 is 1.21 bits per heavy atom. The van der Waals surface area contributed by atoms with Gasteiger partial charge < -0.3 is 21.1 Å². The molecule has 6 nitrogen and oxygen atoms in total. The molecule has 0 spiro atoms. The Morgan fingerprint density at radius 2 is 1.89 bits per heavy atom. The largest absolute Gasteiger partial charge is 0.463 e. The lowest BCUT2D eigenvalue weighted by Crippen LogP contribution is -2.46. The van der Waals surface area contributed by atoms with Crippen molar-refractivity contribution in [3.05, 3.63) is 42.5 Å². The summed E-state index contributed by atoms with van der Waals surface area (Å²) in [7, 11) is 0. The van der Waals surface area contributed by atoms with Gasteiger partial charge in [0.25, 0.3) is 5.91 Å². The lowest BCUT2D eigenvalue weighted by atomic mass is 10.1. The van der Waals surface area contributed by atoms with Crippen LogP contribution in [-0.2, 0) is 4.79 Å². The number of aromatic nitrogens is 1. The number of hydrogen-bond acceptors (Lipinski definition) is 6. The molecule has 0 bridgehead atoms. The van der Waals surface area contributed by atoms with Crippen LogP contribution in [0.1, 0.15) is 27.7 Å². The summed E-state index contributed by atoms with van der Waals surface area (Å²) in [5.41, 5.74) is 8.03. The summed E-state index contributed by atoms with van der Waals surface area (Å²) < 4.78 is 5.94. The van der Waals surface area contributed by atoms with Crippen LogP contribution in [-0.4, -0.2) is 40.9 Å². The van der Waals surface area contributed by atoms with E-state index in [4.69, 9.17) is 10.5 Å². The fraction of sp³-hybridized carbons (Fsp3) is 0.429. The van der Waals surface area contributed by atoms with E-state index in [1.165, 1.54) is 0 Å². The third kappa shape index (κ3) is 6.73. The van der Waals surface area contributed by atoms with Gasteiger partial charge in [0, 0.05) is 29.4 Å². The SMILES string of the molecule is CC(Oc1nc(-c2ccccc2)ccc1NCC(N)CS)C(=O)NC(C)(C)C. The molecule has 1 aromatic carbocycles. The van der Waals surface area contributed by atoms with Gasteiger partial charge >= 0.3 is 0 Å². The van der Waals surface area contributed by atoms with Gasteiger partial charge in [-0.3, -0.25) is 4.79 Å². The third-order valence-corrected chi connectivity index (χ3v) is 4.34. The Labute approximate surface area is 172 Å². The number of nitrogens with two attached hydrogens (primary N) is 1. The summed E-state index contributed by atoms with van der Waals surface area (Å²) in [5.74, 6) is 0.727. The Kier molecular flexibility index (Phi) is 7.71. The molecule has 1 amide bonds. The zero-order valence-electron chi connectivity index (χ0n) is 16.9. The Bertz CT molecular complexity index is 778. The molecule has 4 N–H and O–H groups in total. The average Bonchev–Trinajstić information content (AvgIpc) is 2.66. The van der Waals surface area contributed by atoms with Crippen LogP contribution in [0.2, 0.25) is 0 Å². The molecule has 0 aliphatic rings. The number of carbonyl (C=O) groups is 1.